The van der Waals surface area contributed by atoms with E-state index in [9.17, 15) is 14.0 Å². The van der Waals surface area contributed by atoms with E-state index in [-0.39, 0.29) is 23.7 Å². The second-order valence-corrected chi connectivity index (χ2v) is 7.55. The lowest BCUT2D eigenvalue weighted by Gasteiger charge is -2.40. The van der Waals surface area contributed by atoms with Crippen LogP contribution in [0.25, 0.3) is 0 Å². The van der Waals surface area contributed by atoms with E-state index in [0.717, 1.165) is 32.4 Å². The van der Waals surface area contributed by atoms with Gasteiger partial charge in [-0.1, -0.05) is 0 Å². The number of amides is 3. The number of carbonyl (C=O) groups is 2. The summed E-state index contributed by atoms with van der Waals surface area (Å²) in [6.07, 6.45) is 3.00. The molecule has 3 amide bonds. The maximum absolute atomic E-state index is 14.2. The van der Waals surface area contributed by atoms with Gasteiger partial charge in [0.2, 0.25) is 5.91 Å². The van der Waals surface area contributed by atoms with Crippen molar-refractivity contribution in [1.29, 1.82) is 0 Å². The fraction of sp³-hybridized carbons (Fsp3) is 0.579. The van der Waals surface area contributed by atoms with Crippen molar-refractivity contribution >= 4 is 11.9 Å². The van der Waals surface area contributed by atoms with Crippen LogP contribution in [-0.2, 0) is 11.3 Å². The van der Waals surface area contributed by atoms with Gasteiger partial charge in [-0.25, -0.2) is 9.18 Å². The van der Waals surface area contributed by atoms with Gasteiger partial charge in [-0.15, -0.1) is 0 Å². The van der Waals surface area contributed by atoms with E-state index in [1.165, 1.54) is 6.07 Å². The van der Waals surface area contributed by atoms with Gasteiger partial charge in [0.15, 0.2) is 0 Å². The van der Waals surface area contributed by atoms with Crippen LogP contribution in [0.4, 0.5) is 9.18 Å². The molecule has 2 aliphatic rings. The first-order valence-electron chi connectivity index (χ1n) is 9.27. The predicted octanol–water partition coefficient (Wildman–Crippen LogP) is 1.32. The first-order valence-corrected chi connectivity index (χ1v) is 9.27. The summed E-state index contributed by atoms with van der Waals surface area (Å²) in [5.41, 5.74) is 5.70. The average molecular weight is 378 g/mol. The molecule has 3 rings (SSSR count). The van der Waals surface area contributed by atoms with Crippen molar-refractivity contribution in [1.82, 2.24) is 15.1 Å². The molecule has 2 heterocycles. The highest BCUT2D eigenvalue weighted by molar-refractivity contribution is 5.83. The Morgan fingerprint density at radius 2 is 2.11 bits per heavy atom. The normalized spacial score (nSPS) is 22.8. The Balaban J connectivity index is 1.61. The van der Waals surface area contributed by atoms with Gasteiger partial charge in [0.1, 0.15) is 11.6 Å². The van der Waals surface area contributed by atoms with Crippen LogP contribution in [0.15, 0.2) is 18.2 Å². The van der Waals surface area contributed by atoms with Crippen LogP contribution in [0.1, 0.15) is 24.8 Å². The van der Waals surface area contributed by atoms with E-state index in [2.05, 4.69) is 10.2 Å². The average Bonchev–Trinajstić information content (AvgIpc) is 3.05. The summed E-state index contributed by atoms with van der Waals surface area (Å²) in [5, 5.41) is 2.36. The van der Waals surface area contributed by atoms with Crippen LogP contribution in [0, 0.1) is 11.2 Å². The Labute approximate surface area is 158 Å². The molecule has 8 heteroatoms. The minimum atomic E-state index is -0.693. The third-order valence-electron chi connectivity index (χ3n) is 5.59. The number of hydrogen-bond acceptors (Lipinski definition) is 4. The summed E-state index contributed by atoms with van der Waals surface area (Å²) < 4.78 is 19.4. The summed E-state index contributed by atoms with van der Waals surface area (Å²) in [4.78, 5) is 27.1. The van der Waals surface area contributed by atoms with Gasteiger partial charge < -0.3 is 20.7 Å². The molecule has 0 radical (unpaired) electrons. The highest BCUT2D eigenvalue weighted by atomic mass is 19.1. The van der Waals surface area contributed by atoms with E-state index in [1.807, 2.05) is 0 Å². The second kappa shape index (κ2) is 8.12. The molecule has 1 aromatic rings. The van der Waals surface area contributed by atoms with Crippen LogP contribution < -0.4 is 15.8 Å². The number of ether oxygens (including phenoxy) is 1. The number of halogens is 1. The third-order valence-corrected chi connectivity index (χ3v) is 5.59. The molecule has 0 saturated carbocycles. The van der Waals surface area contributed by atoms with Crippen LogP contribution in [0.5, 0.6) is 5.75 Å². The van der Waals surface area contributed by atoms with Gasteiger partial charge in [0, 0.05) is 37.2 Å². The highest BCUT2D eigenvalue weighted by Crippen LogP contribution is 2.39. The van der Waals surface area contributed by atoms with Crippen LogP contribution in [-0.4, -0.2) is 61.6 Å². The van der Waals surface area contributed by atoms with Crippen LogP contribution >= 0.6 is 0 Å². The number of hydrogen-bond donors (Lipinski definition) is 2. The molecule has 1 unspecified atom stereocenters. The molecule has 3 N–H and O–H groups in total. The molecule has 0 bridgehead atoms. The molecule has 1 atom stereocenters. The molecular weight excluding hydrogens is 351 g/mol. The molecule has 1 aromatic carbocycles. The molecule has 2 aliphatic heterocycles. The van der Waals surface area contributed by atoms with Gasteiger partial charge in [-0.2, -0.15) is 0 Å². The summed E-state index contributed by atoms with van der Waals surface area (Å²) >= 11 is 0. The molecule has 1 spiro atoms. The van der Waals surface area contributed by atoms with Crippen molar-refractivity contribution in [3.63, 3.8) is 0 Å². The molecule has 0 aliphatic carbocycles. The zero-order chi connectivity index (χ0) is 19.4. The molecular formula is C19H27FN4O3. The van der Waals surface area contributed by atoms with Gasteiger partial charge in [0.05, 0.1) is 13.7 Å². The number of urea groups is 1. The summed E-state index contributed by atoms with van der Waals surface area (Å²) in [7, 11) is 1.57. The summed E-state index contributed by atoms with van der Waals surface area (Å²) in [6.45, 7) is 3.56. The van der Waals surface area contributed by atoms with Crippen molar-refractivity contribution in [2.24, 2.45) is 11.1 Å². The Bertz CT molecular complexity index is 714. The largest absolute Gasteiger partial charge is 0.497 e. The van der Waals surface area contributed by atoms with E-state index >= 15 is 0 Å². The van der Waals surface area contributed by atoms with Crippen LogP contribution in [0.2, 0.25) is 0 Å². The third kappa shape index (κ3) is 4.68. The zero-order valence-electron chi connectivity index (χ0n) is 15.7. The van der Waals surface area contributed by atoms with E-state index in [4.69, 9.17) is 10.5 Å². The van der Waals surface area contributed by atoms with Crippen molar-refractivity contribution < 1.29 is 18.7 Å². The fourth-order valence-electron chi connectivity index (χ4n) is 4.24. The number of nitrogens with one attached hydrogen (secondary N) is 1. The first kappa shape index (κ1) is 19.4. The predicted molar refractivity (Wildman–Crippen MR) is 98.7 cm³/mol. The Hall–Kier alpha value is -2.35. The number of carbonyl (C=O) groups excluding carboxylic acids is 2. The lowest BCUT2D eigenvalue weighted by Crippen LogP contribution is -2.46. The second-order valence-electron chi connectivity index (χ2n) is 7.55. The van der Waals surface area contributed by atoms with Gasteiger partial charge in [0.25, 0.3) is 0 Å². The number of rotatable bonds is 5. The van der Waals surface area contributed by atoms with Crippen molar-refractivity contribution in [3.8, 4) is 5.75 Å². The molecule has 2 fully saturated rings. The maximum atomic E-state index is 14.2. The van der Waals surface area contributed by atoms with Gasteiger partial charge in [-0.05, 0) is 44.0 Å². The number of likely N-dealkylation sites (tertiary alicyclic amines) is 2. The fourth-order valence-corrected chi connectivity index (χ4v) is 4.24. The zero-order valence-corrected chi connectivity index (χ0v) is 15.7. The van der Waals surface area contributed by atoms with E-state index in [1.54, 1.807) is 24.1 Å². The molecule has 148 valence electrons. The maximum Gasteiger partial charge on any atom is 0.312 e. The standard InChI is InChI=1S/C19H27FN4O3/c1-27-15-3-4-16(20)14(9-15)11-23-7-2-5-19(12-23)6-8-24(13-19)17(25)10-22-18(21)26/h3-4,9H,2,5-8,10-13H2,1H3,(H3,21,22,26). The van der Waals surface area contributed by atoms with Crippen molar-refractivity contribution in [2.45, 2.75) is 25.8 Å². The minimum Gasteiger partial charge on any atom is -0.497 e. The summed E-state index contributed by atoms with van der Waals surface area (Å²) in [5.74, 6) is 0.315. The SMILES string of the molecule is COc1ccc(F)c(CN2CCCC3(CCN(C(=O)CNC(N)=O)C3)C2)c1. The van der Waals surface area contributed by atoms with Crippen molar-refractivity contribution in [3.05, 3.63) is 29.6 Å². The number of nitrogens with zero attached hydrogens (tertiary/aromatic N) is 2. The quantitative estimate of drug-likeness (QED) is 0.809. The molecule has 27 heavy (non-hydrogen) atoms. The lowest BCUT2D eigenvalue weighted by molar-refractivity contribution is -0.129. The molecule has 0 aromatic heterocycles. The Kier molecular flexibility index (Phi) is 5.84. The number of benzene rings is 1. The van der Waals surface area contributed by atoms with E-state index in [0.29, 0.717) is 30.9 Å². The number of nitrogens with two attached hydrogens (primary N) is 1. The molecule has 2 saturated heterocycles. The number of methoxy groups -OCH3 is 1. The Morgan fingerprint density at radius 1 is 1.30 bits per heavy atom. The van der Waals surface area contributed by atoms with Crippen LogP contribution in [0.3, 0.4) is 0 Å². The summed E-state index contributed by atoms with van der Waals surface area (Å²) in [6, 6.07) is 4.12. The topological polar surface area (TPSA) is 87.9 Å². The smallest absolute Gasteiger partial charge is 0.312 e. The number of piperidine rings is 1. The monoisotopic (exact) mass is 378 g/mol. The first-order chi connectivity index (χ1) is 12.9. The molecule has 7 nitrogen and oxygen atoms in total. The lowest BCUT2D eigenvalue weighted by atomic mass is 9.79. The van der Waals surface area contributed by atoms with Crippen molar-refractivity contribution in [2.75, 3.05) is 39.8 Å². The highest BCUT2D eigenvalue weighted by Gasteiger charge is 2.42. The number of primary amides is 1. The minimum absolute atomic E-state index is 0.0377. The van der Waals surface area contributed by atoms with Gasteiger partial charge >= 0.3 is 6.03 Å². The van der Waals surface area contributed by atoms with Gasteiger partial charge in [-0.3, -0.25) is 9.69 Å². The Morgan fingerprint density at radius 3 is 2.85 bits per heavy atom. The van der Waals surface area contributed by atoms with E-state index < -0.39 is 6.03 Å².